The van der Waals surface area contributed by atoms with Crippen LogP contribution in [0.4, 0.5) is 0 Å². The van der Waals surface area contributed by atoms with E-state index in [1.54, 1.807) is 7.11 Å². The maximum Gasteiger partial charge on any atom is 0.0684 e. The quantitative estimate of drug-likeness (QED) is 0.459. The molecule has 0 saturated carbocycles. The van der Waals surface area contributed by atoms with Crippen LogP contribution in [0.15, 0.2) is 0 Å². The van der Waals surface area contributed by atoms with Crippen molar-refractivity contribution in [1.82, 2.24) is 5.32 Å². The maximum absolute atomic E-state index is 5.29. The van der Waals surface area contributed by atoms with Gasteiger partial charge in [0.25, 0.3) is 0 Å². The lowest BCUT2D eigenvalue weighted by atomic mass is 10.2. The summed E-state index contributed by atoms with van der Waals surface area (Å²) in [6.07, 6.45) is 8.52. The van der Waals surface area contributed by atoms with Gasteiger partial charge in [-0.25, -0.2) is 0 Å². The Morgan fingerprint density at radius 3 is 2.75 bits per heavy atom. The smallest absolute Gasteiger partial charge is 0.0684 e. The zero-order valence-electron chi connectivity index (χ0n) is 8.10. The number of terminal acetylenes is 1. The lowest BCUT2D eigenvalue weighted by molar-refractivity contribution is 0.192. The Kier molecular flexibility index (Phi) is 8.20. The van der Waals surface area contributed by atoms with Crippen molar-refractivity contribution in [2.75, 3.05) is 20.3 Å². The first-order valence-electron chi connectivity index (χ1n) is 4.53. The van der Waals surface area contributed by atoms with E-state index in [1.165, 1.54) is 0 Å². The van der Waals surface area contributed by atoms with E-state index < -0.39 is 0 Å². The number of hydrogen-bond donors (Lipinski definition) is 1. The van der Waals surface area contributed by atoms with Gasteiger partial charge in [-0.05, 0) is 25.8 Å². The molecule has 70 valence electrons. The Hall–Kier alpha value is -0.520. The normalized spacial score (nSPS) is 12.4. The summed E-state index contributed by atoms with van der Waals surface area (Å²) >= 11 is 0. The van der Waals surface area contributed by atoms with E-state index in [4.69, 9.17) is 11.2 Å². The summed E-state index contributed by atoms with van der Waals surface area (Å²) in [5.74, 6) is 2.70. The van der Waals surface area contributed by atoms with E-state index in [0.717, 1.165) is 32.4 Å². The molecule has 0 aliphatic carbocycles. The fraction of sp³-hybridized carbons (Fsp3) is 0.800. The van der Waals surface area contributed by atoms with Crippen LogP contribution in [0.3, 0.4) is 0 Å². The van der Waals surface area contributed by atoms with E-state index in [0.29, 0.717) is 0 Å². The van der Waals surface area contributed by atoms with Crippen LogP contribution in [-0.2, 0) is 4.74 Å². The summed E-state index contributed by atoms with van der Waals surface area (Å²) in [5, 5.41) is 3.29. The Bertz CT molecular complexity index is 128. The zero-order chi connectivity index (χ0) is 9.23. The largest absolute Gasteiger partial charge is 0.385 e. The maximum atomic E-state index is 5.29. The average Bonchev–Trinajstić information content (AvgIpc) is 2.11. The molecular formula is C10H19NO. The van der Waals surface area contributed by atoms with Gasteiger partial charge in [0.1, 0.15) is 0 Å². The topological polar surface area (TPSA) is 21.3 Å². The van der Waals surface area contributed by atoms with Crippen LogP contribution in [0.1, 0.15) is 26.2 Å². The molecule has 0 aliphatic heterocycles. The fourth-order valence-electron chi connectivity index (χ4n) is 0.969. The Morgan fingerprint density at radius 1 is 1.50 bits per heavy atom. The molecule has 2 nitrogen and oxygen atoms in total. The number of ether oxygens (including phenoxy) is 1. The highest BCUT2D eigenvalue weighted by Gasteiger charge is 1.98. The van der Waals surface area contributed by atoms with Crippen LogP contribution in [0, 0.1) is 12.3 Å². The van der Waals surface area contributed by atoms with E-state index in [2.05, 4.69) is 18.2 Å². The third-order valence-electron chi connectivity index (χ3n) is 1.78. The lowest BCUT2D eigenvalue weighted by Crippen LogP contribution is -2.27. The summed E-state index contributed by atoms with van der Waals surface area (Å²) < 4.78 is 4.93. The minimum absolute atomic E-state index is 0.243. The predicted molar refractivity (Wildman–Crippen MR) is 52.0 cm³/mol. The highest BCUT2D eigenvalue weighted by Crippen LogP contribution is 1.91. The molecule has 1 unspecified atom stereocenters. The van der Waals surface area contributed by atoms with E-state index in [-0.39, 0.29) is 6.04 Å². The number of rotatable bonds is 7. The van der Waals surface area contributed by atoms with Crippen molar-refractivity contribution in [3.63, 3.8) is 0 Å². The molecule has 0 radical (unpaired) electrons. The molecule has 0 bridgehead atoms. The highest BCUT2D eigenvalue weighted by atomic mass is 16.5. The standard InChI is InChI=1S/C10H19NO/c1-4-10(5-2)11-8-6-7-9-12-3/h1,10-11H,5-9H2,2-3H3. The molecule has 0 aliphatic rings. The summed E-state index contributed by atoms with van der Waals surface area (Å²) in [4.78, 5) is 0. The van der Waals surface area contributed by atoms with Gasteiger partial charge in [0.2, 0.25) is 0 Å². The third-order valence-corrected chi connectivity index (χ3v) is 1.78. The van der Waals surface area contributed by atoms with Crippen LogP contribution < -0.4 is 5.32 Å². The molecule has 0 amide bonds. The van der Waals surface area contributed by atoms with Crippen LogP contribution in [-0.4, -0.2) is 26.3 Å². The SMILES string of the molecule is C#CC(CC)NCCCCOC. The molecule has 12 heavy (non-hydrogen) atoms. The average molecular weight is 169 g/mol. The van der Waals surface area contributed by atoms with Crippen molar-refractivity contribution in [1.29, 1.82) is 0 Å². The second-order valence-corrected chi connectivity index (χ2v) is 2.78. The summed E-state index contributed by atoms with van der Waals surface area (Å²) in [5.41, 5.74) is 0. The second-order valence-electron chi connectivity index (χ2n) is 2.78. The second kappa shape index (κ2) is 8.58. The molecule has 2 heteroatoms. The van der Waals surface area contributed by atoms with Gasteiger partial charge in [-0.2, -0.15) is 0 Å². The van der Waals surface area contributed by atoms with Crippen LogP contribution in [0.5, 0.6) is 0 Å². The van der Waals surface area contributed by atoms with Gasteiger partial charge in [-0.15, -0.1) is 6.42 Å². The van der Waals surface area contributed by atoms with Crippen molar-refractivity contribution in [3.05, 3.63) is 0 Å². The van der Waals surface area contributed by atoms with Crippen LogP contribution in [0.25, 0.3) is 0 Å². The van der Waals surface area contributed by atoms with Gasteiger partial charge in [0.05, 0.1) is 6.04 Å². The van der Waals surface area contributed by atoms with E-state index >= 15 is 0 Å². The number of nitrogens with one attached hydrogen (secondary N) is 1. The molecule has 0 aromatic rings. The Labute approximate surface area is 75.7 Å². The van der Waals surface area contributed by atoms with E-state index in [9.17, 15) is 0 Å². The molecule has 1 atom stereocenters. The zero-order valence-corrected chi connectivity index (χ0v) is 8.10. The molecule has 0 saturated heterocycles. The van der Waals surface area contributed by atoms with Gasteiger partial charge in [-0.1, -0.05) is 12.8 Å². The molecular weight excluding hydrogens is 150 g/mol. The molecule has 0 heterocycles. The molecule has 0 rings (SSSR count). The van der Waals surface area contributed by atoms with Crippen molar-refractivity contribution in [3.8, 4) is 12.3 Å². The summed E-state index contributed by atoms with van der Waals surface area (Å²) in [6.45, 7) is 3.92. The molecule has 0 fully saturated rings. The molecule has 0 spiro atoms. The third kappa shape index (κ3) is 6.21. The van der Waals surface area contributed by atoms with Crippen molar-refractivity contribution >= 4 is 0 Å². The molecule has 0 aromatic heterocycles. The first-order valence-corrected chi connectivity index (χ1v) is 4.53. The Morgan fingerprint density at radius 2 is 2.25 bits per heavy atom. The number of unbranched alkanes of at least 4 members (excludes halogenated alkanes) is 1. The first kappa shape index (κ1) is 11.5. The summed E-state index contributed by atoms with van der Waals surface area (Å²) in [6, 6.07) is 0.243. The minimum atomic E-state index is 0.243. The van der Waals surface area contributed by atoms with Gasteiger partial charge in [0, 0.05) is 13.7 Å². The van der Waals surface area contributed by atoms with Gasteiger partial charge < -0.3 is 10.1 Å². The van der Waals surface area contributed by atoms with Crippen molar-refractivity contribution < 1.29 is 4.74 Å². The first-order chi connectivity index (χ1) is 5.85. The number of hydrogen-bond acceptors (Lipinski definition) is 2. The van der Waals surface area contributed by atoms with E-state index in [1.807, 2.05) is 0 Å². The van der Waals surface area contributed by atoms with Crippen LogP contribution in [0.2, 0.25) is 0 Å². The van der Waals surface area contributed by atoms with Crippen molar-refractivity contribution in [2.45, 2.75) is 32.2 Å². The molecule has 0 aromatic carbocycles. The lowest BCUT2D eigenvalue weighted by Gasteiger charge is -2.09. The van der Waals surface area contributed by atoms with Crippen LogP contribution >= 0.6 is 0 Å². The van der Waals surface area contributed by atoms with Gasteiger partial charge >= 0.3 is 0 Å². The van der Waals surface area contributed by atoms with Gasteiger partial charge in [-0.3, -0.25) is 0 Å². The highest BCUT2D eigenvalue weighted by molar-refractivity contribution is 4.97. The Balaban J connectivity index is 3.13. The number of methoxy groups -OCH3 is 1. The fourth-order valence-corrected chi connectivity index (χ4v) is 0.969. The monoisotopic (exact) mass is 169 g/mol. The predicted octanol–water partition coefficient (Wildman–Crippen LogP) is 1.41. The minimum Gasteiger partial charge on any atom is -0.385 e. The molecule has 1 N–H and O–H groups in total. The van der Waals surface area contributed by atoms with Crippen molar-refractivity contribution in [2.24, 2.45) is 0 Å². The van der Waals surface area contributed by atoms with Gasteiger partial charge in [0.15, 0.2) is 0 Å². The summed E-state index contributed by atoms with van der Waals surface area (Å²) in [7, 11) is 1.73.